The maximum absolute atomic E-state index is 12.3. The second-order valence-corrected chi connectivity index (χ2v) is 6.21. The fraction of sp³-hybridized carbons (Fsp3) is 0.0714. The highest BCUT2D eigenvalue weighted by Crippen LogP contribution is 2.32. The van der Waals surface area contributed by atoms with Crippen LogP contribution in [0, 0.1) is 0 Å². The number of amides is 1. The number of nitrogens with one attached hydrogen (secondary N) is 1. The van der Waals surface area contributed by atoms with Gasteiger partial charge in [0.1, 0.15) is 5.75 Å². The summed E-state index contributed by atoms with van der Waals surface area (Å²) in [6.07, 6.45) is 0. The van der Waals surface area contributed by atoms with Gasteiger partial charge in [-0.2, -0.15) is 0 Å². The van der Waals surface area contributed by atoms with Crippen LogP contribution in [0.2, 0.25) is 0 Å². The lowest BCUT2D eigenvalue weighted by atomic mass is 10.2. The molecule has 1 amide bonds. The zero-order valence-corrected chi connectivity index (χ0v) is 12.3. The molecule has 4 nitrogen and oxygen atoms in total. The smallest absolute Gasteiger partial charge is 0.265 e. The summed E-state index contributed by atoms with van der Waals surface area (Å²) in [4.78, 5) is 12.9. The van der Waals surface area contributed by atoms with E-state index in [1.54, 1.807) is 36.6 Å². The Kier molecular flexibility index (Phi) is 3.33. The van der Waals surface area contributed by atoms with Crippen LogP contribution in [0.3, 0.4) is 0 Å². The predicted octanol–water partition coefficient (Wildman–Crippen LogP) is 3.81. The van der Waals surface area contributed by atoms with Gasteiger partial charge in [-0.05, 0) is 29.6 Å². The van der Waals surface area contributed by atoms with Crippen LogP contribution in [0.1, 0.15) is 9.67 Å². The minimum Gasteiger partial charge on any atom is -0.494 e. The fourth-order valence-corrected chi connectivity index (χ4v) is 3.88. The molecule has 0 saturated heterocycles. The molecule has 0 atom stereocenters. The van der Waals surface area contributed by atoms with Crippen molar-refractivity contribution in [3.05, 3.63) is 40.6 Å². The third kappa shape index (κ3) is 2.35. The van der Waals surface area contributed by atoms with Crippen LogP contribution in [-0.4, -0.2) is 13.0 Å². The van der Waals surface area contributed by atoms with E-state index in [-0.39, 0.29) is 5.91 Å². The number of ether oxygens (including phenoxy) is 1. The first-order valence-corrected chi connectivity index (χ1v) is 7.59. The van der Waals surface area contributed by atoms with Crippen molar-refractivity contribution in [3.63, 3.8) is 0 Å². The summed E-state index contributed by atoms with van der Waals surface area (Å²) in [5.74, 6) is 0.415. The van der Waals surface area contributed by atoms with Gasteiger partial charge in [-0.15, -0.1) is 22.7 Å². The average molecular weight is 304 g/mol. The SMILES string of the molecule is COc1cc(N)ccc1NC(=O)c1cc2sccc2s1. The normalized spacial score (nSPS) is 10.7. The van der Waals surface area contributed by atoms with E-state index in [9.17, 15) is 4.79 Å². The number of hydrogen-bond acceptors (Lipinski definition) is 5. The third-order valence-electron chi connectivity index (χ3n) is 2.84. The van der Waals surface area contributed by atoms with E-state index in [2.05, 4.69) is 5.32 Å². The number of benzene rings is 1. The van der Waals surface area contributed by atoms with Gasteiger partial charge in [-0.1, -0.05) is 0 Å². The van der Waals surface area contributed by atoms with Crippen molar-refractivity contribution in [2.45, 2.75) is 0 Å². The topological polar surface area (TPSA) is 64.3 Å². The fourth-order valence-electron chi connectivity index (χ4n) is 1.87. The van der Waals surface area contributed by atoms with Gasteiger partial charge in [-0.3, -0.25) is 4.79 Å². The Morgan fingerprint density at radius 3 is 2.85 bits per heavy atom. The number of carbonyl (C=O) groups excluding carboxylic acids is 1. The number of fused-ring (bicyclic) bond motifs is 1. The molecule has 0 saturated carbocycles. The van der Waals surface area contributed by atoms with Crippen molar-refractivity contribution in [1.82, 2.24) is 0 Å². The Hall–Kier alpha value is -2.05. The molecule has 20 heavy (non-hydrogen) atoms. The van der Waals surface area contributed by atoms with Gasteiger partial charge < -0.3 is 15.8 Å². The second-order valence-electron chi connectivity index (χ2n) is 4.17. The van der Waals surface area contributed by atoms with Crippen LogP contribution in [0.4, 0.5) is 11.4 Å². The summed E-state index contributed by atoms with van der Waals surface area (Å²) < 4.78 is 7.48. The number of hydrogen-bond donors (Lipinski definition) is 2. The number of anilines is 2. The number of carbonyl (C=O) groups is 1. The summed E-state index contributed by atoms with van der Waals surface area (Å²) in [7, 11) is 1.55. The quantitative estimate of drug-likeness (QED) is 0.723. The van der Waals surface area contributed by atoms with E-state index in [0.29, 0.717) is 22.0 Å². The molecule has 0 aliphatic rings. The Morgan fingerprint density at radius 1 is 1.25 bits per heavy atom. The molecule has 2 heterocycles. The van der Waals surface area contributed by atoms with Crippen molar-refractivity contribution in [1.29, 1.82) is 0 Å². The van der Waals surface area contributed by atoms with Crippen molar-refractivity contribution in [2.75, 3.05) is 18.2 Å². The molecule has 0 aliphatic carbocycles. The van der Waals surface area contributed by atoms with Gasteiger partial charge in [-0.25, -0.2) is 0 Å². The maximum Gasteiger partial charge on any atom is 0.265 e. The molecule has 6 heteroatoms. The molecule has 0 fully saturated rings. The van der Waals surface area contributed by atoms with Crippen LogP contribution in [0.15, 0.2) is 35.7 Å². The minimum absolute atomic E-state index is 0.138. The maximum atomic E-state index is 12.3. The van der Waals surface area contributed by atoms with Gasteiger partial charge >= 0.3 is 0 Å². The molecule has 102 valence electrons. The number of nitrogen functional groups attached to an aromatic ring is 1. The van der Waals surface area contributed by atoms with Gasteiger partial charge in [0.05, 0.1) is 17.7 Å². The van der Waals surface area contributed by atoms with Crippen LogP contribution in [0.5, 0.6) is 5.75 Å². The molecule has 3 rings (SSSR count). The van der Waals surface area contributed by atoms with E-state index in [1.807, 2.05) is 17.5 Å². The van der Waals surface area contributed by atoms with Crippen molar-refractivity contribution < 1.29 is 9.53 Å². The first-order chi connectivity index (χ1) is 9.67. The molecular formula is C14H12N2O2S2. The largest absolute Gasteiger partial charge is 0.494 e. The molecule has 0 unspecified atom stereocenters. The highest BCUT2D eigenvalue weighted by Gasteiger charge is 2.13. The molecule has 0 radical (unpaired) electrons. The van der Waals surface area contributed by atoms with E-state index in [1.165, 1.54) is 11.3 Å². The molecule has 3 aromatic rings. The molecule has 0 bridgehead atoms. The third-order valence-corrected chi connectivity index (χ3v) is 4.93. The predicted molar refractivity (Wildman–Crippen MR) is 85.1 cm³/mol. The zero-order valence-electron chi connectivity index (χ0n) is 10.7. The van der Waals surface area contributed by atoms with Crippen molar-refractivity contribution in [3.8, 4) is 5.75 Å². The standard InChI is InChI=1S/C14H12N2O2S2/c1-18-10-6-8(15)2-3-9(10)16-14(17)13-7-12-11(20-13)4-5-19-12/h2-7H,15H2,1H3,(H,16,17). The van der Waals surface area contributed by atoms with Gasteiger partial charge in [0.25, 0.3) is 5.91 Å². The number of nitrogens with two attached hydrogens (primary N) is 1. The van der Waals surface area contributed by atoms with E-state index in [4.69, 9.17) is 10.5 Å². The average Bonchev–Trinajstić information content (AvgIpc) is 3.01. The van der Waals surface area contributed by atoms with Crippen LogP contribution < -0.4 is 15.8 Å². The van der Waals surface area contributed by atoms with Gasteiger partial charge in [0.15, 0.2) is 0 Å². The lowest BCUT2D eigenvalue weighted by molar-refractivity contribution is 0.103. The van der Waals surface area contributed by atoms with Crippen LogP contribution in [0.25, 0.3) is 9.40 Å². The first kappa shape index (κ1) is 13.0. The summed E-state index contributed by atoms with van der Waals surface area (Å²) in [5.41, 5.74) is 6.90. The van der Waals surface area contributed by atoms with Crippen LogP contribution in [-0.2, 0) is 0 Å². The Bertz CT molecular complexity index is 748. The number of methoxy groups -OCH3 is 1. The monoisotopic (exact) mass is 304 g/mol. The van der Waals surface area contributed by atoms with E-state index < -0.39 is 0 Å². The zero-order chi connectivity index (χ0) is 14.1. The highest BCUT2D eigenvalue weighted by atomic mass is 32.1. The van der Waals surface area contributed by atoms with E-state index in [0.717, 1.165) is 9.40 Å². The summed E-state index contributed by atoms with van der Waals surface area (Å²) in [6, 6.07) is 9.07. The molecule has 0 spiro atoms. The van der Waals surface area contributed by atoms with Crippen molar-refractivity contribution in [2.24, 2.45) is 0 Å². The number of rotatable bonds is 3. The molecule has 3 N–H and O–H groups in total. The minimum atomic E-state index is -0.138. The van der Waals surface area contributed by atoms with Gasteiger partial charge in [0.2, 0.25) is 0 Å². The number of thiophene rings is 2. The summed E-state index contributed by atoms with van der Waals surface area (Å²) >= 11 is 3.11. The Morgan fingerprint density at radius 2 is 2.10 bits per heavy atom. The van der Waals surface area contributed by atoms with Crippen molar-refractivity contribution >= 4 is 49.4 Å². The molecule has 0 aliphatic heterocycles. The highest BCUT2D eigenvalue weighted by molar-refractivity contribution is 7.27. The Labute approximate surface area is 123 Å². The summed E-state index contributed by atoms with van der Waals surface area (Å²) in [6.45, 7) is 0. The van der Waals surface area contributed by atoms with Gasteiger partial charge in [0, 0.05) is 21.2 Å². The second kappa shape index (κ2) is 5.15. The lowest BCUT2D eigenvalue weighted by Crippen LogP contribution is -2.11. The van der Waals surface area contributed by atoms with Crippen LogP contribution >= 0.6 is 22.7 Å². The molecule has 2 aromatic heterocycles. The van der Waals surface area contributed by atoms with E-state index >= 15 is 0 Å². The first-order valence-electron chi connectivity index (χ1n) is 5.89. The molecular weight excluding hydrogens is 292 g/mol. The Balaban J connectivity index is 1.87. The lowest BCUT2D eigenvalue weighted by Gasteiger charge is -2.09. The summed E-state index contributed by atoms with van der Waals surface area (Å²) in [5, 5.41) is 4.87. The molecule has 1 aromatic carbocycles.